The van der Waals surface area contributed by atoms with Gasteiger partial charge in [0.2, 0.25) is 0 Å². The van der Waals surface area contributed by atoms with Crippen LogP contribution < -0.4 is 4.74 Å². The third kappa shape index (κ3) is 2.85. The standard InChI is InChI=1S/C15H17NO5S/c1-8-2-4-16-11(9-3-5-20-6-9)14(8)21-15-13(19)12(18)10(17)7-22-15/h2-6,10,12-13,15,17-19H,7H2,1H3/t10-,12+,13-,15+/m1/s1. The van der Waals surface area contributed by atoms with Crippen molar-refractivity contribution in [2.75, 3.05) is 5.75 Å². The Hall–Kier alpha value is -1.54. The topological polar surface area (TPSA) is 96.0 Å². The van der Waals surface area contributed by atoms with E-state index in [-0.39, 0.29) is 0 Å². The molecule has 0 bridgehead atoms. The summed E-state index contributed by atoms with van der Waals surface area (Å²) in [6.45, 7) is 1.88. The molecule has 3 N–H and O–H groups in total. The molecule has 1 aliphatic rings. The summed E-state index contributed by atoms with van der Waals surface area (Å²) in [6.07, 6.45) is 1.44. The zero-order chi connectivity index (χ0) is 15.7. The number of aliphatic hydroxyl groups is 3. The zero-order valence-corrected chi connectivity index (χ0v) is 12.7. The zero-order valence-electron chi connectivity index (χ0n) is 11.9. The van der Waals surface area contributed by atoms with Crippen LogP contribution in [0.1, 0.15) is 5.56 Å². The fourth-order valence-electron chi connectivity index (χ4n) is 2.30. The lowest BCUT2D eigenvalue weighted by atomic mass is 10.1. The third-order valence-electron chi connectivity index (χ3n) is 3.58. The van der Waals surface area contributed by atoms with Crippen LogP contribution in [0.4, 0.5) is 0 Å². The molecule has 0 aromatic carbocycles. The predicted molar refractivity (Wildman–Crippen MR) is 81.6 cm³/mol. The van der Waals surface area contributed by atoms with Crippen molar-refractivity contribution in [3.8, 4) is 17.0 Å². The first-order valence-corrected chi connectivity index (χ1v) is 7.93. The number of hydrogen-bond acceptors (Lipinski definition) is 7. The van der Waals surface area contributed by atoms with Gasteiger partial charge in [-0.05, 0) is 24.6 Å². The minimum Gasteiger partial charge on any atom is -0.474 e. The number of aryl methyl sites for hydroxylation is 1. The van der Waals surface area contributed by atoms with E-state index in [1.165, 1.54) is 11.8 Å². The lowest BCUT2D eigenvalue weighted by Crippen LogP contribution is -2.50. The molecule has 1 saturated heterocycles. The molecule has 7 heteroatoms. The van der Waals surface area contributed by atoms with Gasteiger partial charge in [0.05, 0.1) is 18.6 Å². The molecule has 0 radical (unpaired) electrons. The van der Waals surface area contributed by atoms with Crippen molar-refractivity contribution in [2.45, 2.75) is 30.7 Å². The summed E-state index contributed by atoms with van der Waals surface area (Å²) in [5.41, 5.74) is 1.57. The molecule has 1 aliphatic heterocycles. The van der Waals surface area contributed by atoms with E-state index in [0.717, 1.165) is 11.1 Å². The van der Waals surface area contributed by atoms with Gasteiger partial charge in [-0.1, -0.05) is 0 Å². The van der Waals surface area contributed by atoms with Gasteiger partial charge in [-0.15, -0.1) is 11.8 Å². The molecular weight excluding hydrogens is 306 g/mol. The number of ether oxygens (including phenoxy) is 1. The van der Waals surface area contributed by atoms with Crippen LogP contribution in [0, 0.1) is 6.92 Å². The van der Waals surface area contributed by atoms with Gasteiger partial charge in [0.25, 0.3) is 0 Å². The van der Waals surface area contributed by atoms with E-state index in [1.54, 1.807) is 24.8 Å². The summed E-state index contributed by atoms with van der Waals surface area (Å²) < 4.78 is 11.0. The third-order valence-corrected chi connectivity index (χ3v) is 4.82. The summed E-state index contributed by atoms with van der Waals surface area (Å²) >= 11 is 1.26. The van der Waals surface area contributed by atoms with E-state index >= 15 is 0 Å². The van der Waals surface area contributed by atoms with Crippen molar-refractivity contribution in [1.29, 1.82) is 0 Å². The van der Waals surface area contributed by atoms with Crippen LogP contribution in [0.15, 0.2) is 35.3 Å². The van der Waals surface area contributed by atoms with Gasteiger partial charge >= 0.3 is 0 Å². The number of aliphatic hydroxyl groups excluding tert-OH is 3. The quantitative estimate of drug-likeness (QED) is 0.780. The second-order valence-electron chi connectivity index (χ2n) is 5.19. The van der Waals surface area contributed by atoms with Crippen LogP contribution in [-0.4, -0.2) is 49.8 Å². The van der Waals surface area contributed by atoms with Gasteiger partial charge in [-0.3, -0.25) is 4.98 Å². The number of aromatic nitrogens is 1. The first-order chi connectivity index (χ1) is 10.6. The Morgan fingerprint density at radius 2 is 2.09 bits per heavy atom. The number of pyridine rings is 1. The van der Waals surface area contributed by atoms with E-state index in [9.17, 15) is 15.3 Å². The van der Waals surface area contributed by atoms with E-state index in [0.29, 0.717) is 17.2 Å². The molecule has 2 aromatic rings. The molecule has 22 heavy (non-hydrogen) atoms. The molecule has 0 saturated carbocycles. The minimum atomic E-state index is -1.22. The number of hydrogen-bond donors (Lipinski definition) is 3. The highest BCUT2D eigenvalue weighted by atomic mass is 32.2. The second kappa shape index (κ2) is 6.29. The Morgan fingerprint density at radius 3 is 2.82 bits per heavy atom. The summed E-state index contributed by atoms with van der Waals surface area (Å²) in [5, 5.41) is 29.5. The molecule has 0 spiro atoms. The van der Waals surface area contributed by atoms with Crippen molar-refractivity contribution in [3.63, 3.8) is 0 Å². The first kappa shape index (κ1) is 15.4. The van der Waals surface area contributed by atoms with Crippen LogP contribution in [0.25, 0.3) is 11.3 Å². The van der Waals surface area contributed by atoms with E-state index < -0.39 is 23.7 Å². The lowest BCUT2D eigenvalue weighted by molar-refractivity contribution is -0.0786. The van der Waals surface area contributed by atoms with Crippen molar-refractivity contribution in [2.24, 2.45) is 0 Å². The molecular formula is C15H17NO5S. The highest BCUT2D eigenvalue weighted by Gasteiger charge is 2.39. The average Bonchev–Trinajstić information content (AvgIpc) is 3.03. The lowest BCUT2D eigenvalue weighted by Gasteiger charge is -2.35. The Balaban J connectivity index is 1.89. The second-order valence-corrected chi connectivity index (χ2v) is 6.32. The number of rotatable bonds is 3. The average molecular weight is 323 g/mol. The van der Waals surface area contributed by atoms with Crippen molar-refractivity contribution in [3.05, 3.63) is 36.4 Å². The fraction of sp³-hybridized carbons (Fsp3) is 0.400. The molecule has 2 aromatic heterocycles. The minimum absolute atomic E-state index is 0.295. The summed E-state index contributed by atoms with van der Waals surface area (Å²) in [6, 6.07) is 3.59. The maximum absolute atomic E-state index is 10.1. The molecule has 3 rings (SSSR count). The highest BCUT2D eigenvalue weighted by Crippen LogP contribution is 2.36. The van der Waals surface area contributed by atoms with Gasteiger partial charge in [0.15, 0.2) is 5.44 Å². The molecule has 1 fully saturated rings. The maximum atomic E-state index is 10.1. The summed E-state index contributed by atoms with van der Waals surface area (Å²) in [5.74, 6) is 0.826. The normalized spacial score (nSPS) is 28.5. The van der Waals surface area contributed by atoms with Crippen LogP contribution in [0.2, 0.25) is 0 Å². The van der Waals surface area contributed by atoms with E-state index in [1.807, 2.05) is 13.0 Å². The van der Waals surface area contributed by atoms with Gasteiger partial charge in [-0.25, -0.2) is 0 Å². The Labute approximate surface area is 131 Å². The molecule has 6 nitrogen and oxygen atoms in total. The molecule has 3 heterocycles. The summed E-state index contributed by atoms with van der Waals surface area (Å²) in [7, 11) is 0. The fourth-order valence-corrected chi connectivity index (χ4v) is 3.40. The van der Waals surface area contributed by atoms with E-state index in [2.05, 4.69) is 4.98 Å². The van der Waals surface area contributed by atoms with Gasteiger partial charge in [-0.2, -0.15) is 0 Å². The SMILES string of the molecule is Cc1ccnc(-c2ccoc2)c1O[C@H]1SC[C@@H](O)[C@H](O)[C@H]1O. The monoisotopic (exact) mass is 323 g/mol. The molecule has 4 atom stereocenters. The van der Waals surface area contributed by atoms with Gasteiger partial charge < -0.3 is 24.5 Å². The smallest absolute Gasteiger partial charge is 0.173 e. The molecule has 118 valence electrons. The molecule has 0 aliphatic carbocycles. The van der Waals surface area contributed by atoms with Crippen LogP contribution in [0.3, 0.4) is 0 Å². The Morgan fingerprint density at radius 1 is 1.27 bits per heavy atom. The molecule has 0 unspecified atom stereocenters. The number of furan rings is 1. The molecule has 0 amide bonds. The van der Waals surface area contributed by atoms with Crippen LogP contribution in [-0.2, 0) is 0 Å². The van der Waals surface area contributed by atoms with Crippen LogP contribution in [0.5, 0.6) is 5.75 Å². The highest BCUT2D eigenvalue weighted by molar-refractivity contribution is 7.99. The van der Waals surface area contributed by atoms with Crippen LogP contribution >= 0.6 is 11.8 Å². The Bertz CT molecular complexity index is 633. The van der Waals surface area contributed by atoms with Crippen molar-refractivity contribution >= 4 is 11.8 Å². The number of nitrogens with zero attached hydrogens (tertiary/aromatic N) is 1. The maximum Gasteiger partial charge on any atom is 0.173 e. The van der Waals surface area contributed by atoms with Gasteiger partial charge in [0.1, 0.15) is 23.7 Å². The summed E-state index contributed by atoms with van der Waals surface area (Å²) in [4.78, 5) is 4.32. The van der Waals surface area contributed by atoms with Crippen molar-refractivity contribution < 1.29 is 24.5 Å². The van der Waals surface area contributed by atoms with Gasteiger partial charge in [0, 0.05) is 17.5 Å². The predicted octanol–water partition coefficient (Wildman–Crippen LogP) is 1.18. The number of thioether (sulfide) groups is 1. The van der Waals surface area contributed by atoms with Crippen molar-refractivity contribution in [1.82, 2.24) is 4.98 Å². The first-order valence-electron chi connectivity index (χ1n) is 6.88. The largest absolute Gasteiger partial charge is 0.474 e. The van der Waals surface area contributed by atoms with E-state index in [4.69, 9.17) is 9.15 Å². The Kier molecular flexibility index (Phi) is 4.39.